The summed E-state index contributed by atoms with van der Waals surface area (Å²) in [5.41, 5.74) is 0.294. The number of carbonyl (C=O) groups excluding carboxylic acids is 1. The third kappa shape index (κ3) is 2.65. The highest BCUT2D eigenvalue weighted by Crippen LogP contribution is 2.16. The van der Waals surface area contributed by atoms with Crippen LogP contribution in [0.3, 0.4) is 0 Å². The van der Waals surface area contributed by atoms with Crippen molar-refractivity contribution in [1.82, 2.24) is 5.32 Å². The predicted molar refractivity (Wildman–Crippen MR) is 64.4 cm³/mol. The van der Waals surface area contributed by atoms with Gasteiger partial charge in [0.15, 0.2) is 0 Å². The van der Waals surface area contributed by atoms with Crippen molar-refractivity contribution in [2.75, 3.05) is 6.54 Å². The molecule has 1 saturated heterocycles. The van der Waals surface area contributed by atoms with Gasteiger partial charge in [-0.15, -0.1) is 0 Å². The van der Waals surface area contributed by atoms with Crippen molar-refractivity contribution in [3.63, 3.8) is 0 Å². The van der Waals surface area contributed by atoms with Gasteiger partial charge < -0.3 is 10.1 Å². The van der Waals surface area contributed by atoms with Gasteiger partial charge in [-0.2, -0.15) is 0 Å². The van der Waals surface area contributed by atoms with Gasteiger partial charge in [0.1, 0.15) is 6.10 Å². The van der Waals surface area contributed by atoms with Crippen LogP contribution in [0.2, 0.25) is 0 Å². The van der Waals surface area contributed by atoms with Crippen LogP contribution < -0.4 is 5.32 Å². The molecule has 1 aliphatic rings. The van der Waals surface area contributed by atoms with Gasteiger partial charge in [0.25, 0.3) is 5.69 Å². The summed E-state index contributed by atoms with van der Waals surface area (Å²) in [5, 5.41) is 13.7. The zero-order valence-corrected chi connectivity index (χ0v) is 9.96. The van der Waals surface area contributed by atoms with E-state index in [0.29, 0.717) is 5.56 Å². The maximum Gasteiger partial charge on any atom is 0.338 e. The van der Waals surface area contributed by atoms with Crippen LogP contribution in [0.5, 0.6) is 0 Å². The Morgan fingerprint density at radius 2 is 2.11 bits per heavy atom. The number of esters is 1. The quantitative estimate of drug-likeness (QED) is 0.499. The number of benzene rings is 1. The van der Waals surface area contributed by atoms with Gasteiger partial charge in [0, 0.05) is 18.2 Å². The molecule has 0 aliphatic carbocycles. The Morgan fingerprint density at radius 3 is 2.61 bits per heavy atom. The van der Waals surface area contributed by atoms with Crippen molar-refractivity contribution >= 4 is 11.7 Å². The molecule has 6 heteroatoms. The first-order valence-corrected chi connectivity index (χ1v) is 5.77. The summed E-state index contributed by atoms with van der Waals surface area (Å²) < 4.78 is 5.34. The maximum absolute atomic E-state index is 11.8. The SMILES string of the molecule is C[C@H]1NCC[C@@H]1OC(=O)c1ccc([N+](=O)[O-])cc1. The molecule has 18 heavy (non-hydrogen) atoms. The van der Waals surface area contributed by atoms with Crippen LogP contribution in [0.4, 0.5) is 5.69 Å². The number of carbonyl (C=O) groups is 1. The lowest BCUT2D eigenvalue weighted by Crippen LogP contribution is -2.30. The lowest BCUT2D eigenvalue weighted by Gasteiger charge is -2.15. The van der Waals surface area contributed by atoms with Crippen molar-refractivity contribution < 1.29 is 14.5 Å². The zero-order chi connectivity index (χ0) is 13.1. The van der Waals surface area contributed by atoms with Crippen LogP contribution >= 0.6 is 0 Å². The Kier molecular flexibility index (Phi) is 3.57. The van der Waals surface area contributed by atoms with Crippen LogP contribution in [-0.4, -0.2) is 29.6 Å². The fraction of sp³-hybridized carbons (Fsp3) is 0.417. The second-order valence-corrected chi connectivity index (χ2v) is 4.28. The Morgan fingerprint density at radius 1 is 1.44 bits per heavy atom. The van der Waals surface area contributed by atoms with Crippen molar-refractivity contribution in [1.29, 1.82) is 0 Å². The second kappa shape index (κ2) is 5.14. The molecule has 0 unspecified atom stereocenters. The Balaban J connectivity index is 2.02. The van der Waals surface area contributed by atoms with Crippen molar-refractivity contribution in [3.8, 4) is 0 Å². The van der Waals surface area contributed by atoms with Crippen molar-refractivity contribution in [3.05, 3.63) is 39.9 Å². The minimum atomic E-state index is -0.502. The minimum absolute atomic E-state index is 0.0394. The molecule has 6 nitrogen and oxygen atoms in total. The standard InChI is InChI=1S/C12H14N2O4/c1-8-11(6-7-13-8)18-12(15)9-2-4-10(5-3-9)14(16)17/h2-5,8,11,13H,6-7H2,1H3/t8-,11+/m1/s1. The predicted octanol–water partition coefficient (Wildman–Crippen LogP) is 1.50. The van der Waals surface area contributed by atoms with Gasteiger partial charge in [-0.1, -0.05) is 0 Å². The number of nitrogens with zero attached hydrogens (tertiary/aromatic N) is 1. The van der Waals surface area contributed by atoms with Gasteiger partial charge in [-0.25, -0.2) is 4.79 Å². The average molecular weight is 250 g/mol. The summed E-state index contributed by atoms with van der Waals surface area (Å²) in [6.45, 7) is 2.79. The largest absolute Gasteiger partial charge is 0.457 e. The highest BCUT2D eigenvalue weighted by molar-refractivity contribution is 5.89. The van der Waals surface area contributed by atoms with E-state index in [1.54, 1.807) is 0 Å². The molecule has 1 N–H and O–H groups in total. The summed E-state index contributed by atoms with van der Waals surface area (Å²) in [6.07, 6.45) is 0.660. The van der Waals surface area contributed by atoms with Gasteiger partial charge in [0.2, 0.25) is 0 Å². The molecule has 1 aromatic carbocycles. The Bertz CT molecular complexity index is 458. The summed E-state index contributed by atoms with van der Waals surface area (Å²) >= 11 is 0. The van der Waals surface area contributed by atoms with Crippen molar-refractivity contribution in [2.24, 2.45) is 0 Å². The number of nitrogens with one attached hydrogen (secondary N) is 1. The zero-order valence-electron chi connectivity index (χ0n) is 9.96. The fourth-order valence-electron chi connectivity index (χ4n) is 1.92. The van der Waals surface area contributed by atoms with Crippen LogP contribution in [-0.2, 0) is 4.74 Å². The summed E-state index contributed by atoms with van der Waals surface area (Å²) in [5.74, 6) is -0.439. The van der Waals surface area contributed by atoms with Crippen LogP contribution in [0, 0.1) is 10.1 Å². The number of ether oxygens (including phenoxy) is 1. The fourth-order valence-corrected chi connectivity index (χ4v) is 1.92. The summed E-state index contributed by atoms with van der Waals surface area (Å²) in [4.78, 5) is 21.8. The summed E-state index contributed by atoms with van der Waals surface area (Å²) in [6, 6.07) is 5.56. The van der Waals surface area contributed by atoms with E-state index in [1.807, 2.05) is 6.92 Å². The normalized spacial score (nSPS) is 22.7. The Labute approximate surface area is 104 Å². The number of non-ortho nitro benzene ring substituents is 1. The molecule has 1 aliphatic heterocycles. The molecule has 0 bridgehead atoms. The molecule has 0 amide bonds. The molecule has 2 atom stereocenters. The van der Waals surface area contributed by atoms with E-state index >= 15 is 0 Å². The highest BCUT2D eigenvalue weighted by atomic mass is 16.6. The van der Waals surface area contributed by atoms with E-state index in [0.717, 1.165) is 13.0 Å². The first kappa shape index (κ1) is 12.5. The molecular formula is C12H14N2O4. The topological polar surface area (TPSA) is 81.5 Å². The summed E-state index contributed by atoms with van der Waals surface area (Å²) in [7, 11) is 0. The monoisotopic (exact) mass is 250 g/mol. The smallest absolute Gasteiger partial charge is 0.338 e. The van der Waals surface area contributed by atoms with E-state index in [9.17, 15) is 14.9 Å². The van der Waals surface area contributed by atoms with Gasteiger partial charge >= 0.3 is 5.97 Å². The number of hydrogen-bond acceptors (Lipinski definition) is 5. The molecule has 0 radical (unpaired) electrons. The Hall–Kier alpha value is -1.95. The lowest BCUT2D eigenvalue weighted by atomic mass is 10.2. The van der Waals surface area contributed by atoms with E-state index in [-0.39, 0.29) is 17.8 Å². The van der Waals surface area contributed by atoms with Crippen LogP contribution in [0.15, 0.2) is 24.3 Å². The first-order valence-electron chi connectivity index (χ1n) is 5.77. The molecule has 2 rings (SSSR count). The number of rotatable bonds is 3. The van der Waals surface area contributed by atoms with E-state index < -0.39 is 10.9 Å². The van der Waals surface area contributed by atoms with Gasteiger partial charge in [-0.05, 0) is 32.0 Å². The molecule has 96 valence electrons. The minimum Gasteiger partial charge on any atom is -0.457 e. The first-order chi connectivity index (χ1) is 8.58. The molecule has 1 aromatic rings. The number of hydrogen-bond donors (Lipinski definition) is 1. The maximum atomic E-state index is 11.8. The third-order valence-electron chi connectivity index (χ3n) is 3.03. The highest BCUT2D eigenvalue weighted by Gasteiger charge is 2.26. The molecule has 0 spiro atoms. The number of nitro groups is 1. The second-order valence-electron chi connectivity index (χ2n) is 4.28. The van der Waals surface area contributed by atoms with Gasteiger partial charge in [-0.3, -0.25) is 10.1 Å². The van der Waals surface area contributed by atoms with Crippen LogP contribution in [0.25, 0.3) is 0 Å². The van der Waals surface area contributed by atoms with Crippen molar-refractivity contribution in [2.45, 2.75) is 25.5 Å². The molecule has 1 heterocycles. The lowest BCUT2D eigenvalue weighted by molar-refractivity contribution is -0.384. The van der Waals surface area contributed by atoms with E-state index in [1.165, 1.54) is 24.3 Å². The molecule has 0 saturated carbocycles. The average Bonchev–Trinajstić information content (AvgIpc) is 2.75. The van der Waals surface area contributed by atoms with Gasteiger partial charge in [0.05, 0.1) is 10.5 Å². The van der Waals surface area contributed by atoms with Crippen LogP contribution in [0.1, 0.15) is 23.7 Å². The number of nitro benzene ring substituents is 1. The molecule has 1 fully saturated rings. The van der Waals surface area contributed by atoms with E-state index in [2.05, 4.69) is 5.32 Å². The molecule has 0 aromatic heterocycles. The third-order valence-corrected chi connectivity index (χ3v) is 3.03. The molecular weight excluding hydrogens is 236 g/mol. The van der Waals surface area contributed by atoms with E-state index in [4.69, 9.17) is 4.74 Å².